The van der Waals surface area contributed by atoms with Crippen molar-refractivity contribution in [2.24, 2.45) is 10.1 Å². The number of hydrogen-bond donors (Lipinski definition) is 0. The van der Waals surface area contributed by atoms with Gasteiger partial charge in [0.2, 0.25) is 4.80 Å². The molecule has 0 aliphatic carbocycles. The standard InChI is InChI=1S/C18H18ClN3S2/c1-12(2)21-18-22(20-10-17-13(3)7-8-23-17)16(11-24-18)14-5-4-6-15(19)9-14/h4-12H,1-3H3. The van der Waals surface area contributed by atoms with Gasteiger partial charge in [0.25, 0.3) is 0 Å². The lowest BCUT2D eigenvalue weighted by molar-refractivity contribution is 0.755. The highest BCUT2D eigenvalue weighted by atomic mass is 35.5. The normalized spacial score (nSPS) is 12.6. The Kier molecular flexibility index (Phi) is 5.33. The summed E-state index contributed by atoms with van der Waals surface area (Å²) in [6.07, 6.45) is 1.90. The van der Waals surface area contributed by atoms with Crippen molar-refractivity contribution in [3.63, 3.8) is 0 Å². The summed E-state index contributed by atoms with van der Waals surface area (Å²) in [5.41, 5.74) is 3.25. The van der Waals surface area contributed by atoms with Crippen LogP contribution in [0.4, 0.5) is 0 Å². The molecule has 2 aromatic heterocycles. The molecule has 3 rings (SSSR count). The van der Waals surface area contributed by atoms with Gasteiger partial charge in [0.15, 0.2) is 0 Å². The van der Waals surface area contributed by atoms with Crippen LogP contribution in [0.5, 0.6) is 0 Å². The second-order valence-electron chi connectivity index (χ2n) is 5.66. The molecule has 6 heteroatoms. The number of thiazole rings is 1. The Morgan fingerprint density at radius 3 is 2.71 bits per heavy atom. The molecule has 0 atom stereocenters. The van der Waals surface area contributed by atoms with Crippen molar-refractivity contribution in [2.45, 2.75) is 26.8 Å². The molecule has 3 aromatic rings. The fraction of sp³-hybridized carbons (Fsp3) is 0.222. The van der Waals surface area contributed by atoms with Crippen molar-refractivity contribution >= 4 is 40.5 Å². The van der Waals surface area contributed by atoms with Gasteiger partial charge in [-0.15, -0.1) is 22.7 Å². The Morgan fingerprint density at radius 2 is 2.04 bits per heavy atom. The van der Waals surface area contributed by atoms with Gasteiger partial charge in [-0.3, -0.25) is 4.99 Å². The number of thiophene rings is 1. The van der Waals surface area contributed by atoms with E-state index in [1.54, 1.807) is 22.7 Å². The van der Waals surface area contributed by atoms with Gasteiger partial charge >= 0.3 is 0 Å². The number of hydrogen-bond acceptors (Lipinski definition) is 4. The van der Waals surface area contributed by atoms with Crippen LogP contribution in [-0.4, -0.2) is 16.9 Å². The molecule has 0 spiro atoms. The Balaban J connectivity index is 2.12. The van der Waals surface area contributed by atoms with Crippen LogP contribution in [0.15, 0.2) is 51.2 Å². The minimum Gasteiger partial charge on any atom is -0.255 e. The zero-order valence-corrected chi connectivity index (χ0v) is 16.1. The average molecular weight is 376 g/mol. The predicted octanol–water partition coefficient (Wildman–Crippen LogP) is 5.43. The first-order chi connectivity index (χ1) is 11.5. The van der Waals surface area contributed by atoms with Crippen molar-refractivity contribution in [3.05, 3.63) is 61.4 Å². The molecule has 0 fully saturated rings. The molecule has 0 saturated carbocycles. The van der Waals surface area contributed by atoms with Crippen LogP contribution in [0.2, 0.25) is 5.02 Å². The third-order valence-electron chi connectivity index (χ3n) is 3.37. The highest BCUT2D eigenvalue weighted by molar-refractivity contribution is 7.11. The Labute approximate surface area is 154 Å². The molecule has 24 heavy (non-hydrogen) atoms. The van der Waals surface area contributed by atoms with E-state index >= 15 is 0 Å². The van der Waals surface area contributed by atoms with E-state index in [0.717, 1.165) is 20.9 Å². The van der Waals surface area contributed by atoms with Gasteiger partial charge in [-0.1, -0.05) is 23.7 Å². The molecule has 3 nitrogen and oxygen atoms in total. The Bertz CT molecular complexity index is 932. The van der Waals surface area contributed by atoms with E-state index in [4.69, 9.17) is 16.7 Å². The van der Waals surface area contributed by atoms with Crippen molar-refractivity contribution in [3.8, 4) is 11.3 Å². The number of nitrogens with zero attached hydrogens (tertiary/aromatic N) is 3. The molecule has 0 amide bonds. The van der Waals surface area contributed by atoms with Gasteiger partial charge in [0.1, 0.15) is 0 Å². The van der Waals surface area contributed by atoms with Crippen LogP contribution in [-0.2, 0) is 0 Å². The van der Waals surface area contributed by atoms with Crippen molar-refractivity contribution in [1.82, 2.24) is 4.68 Å². The molecular formula is C18H18ClN3S2. The first kappa shape index (κ1) is 17.1. The van der Waals surface area contributed by atoms with Crippen LogP contribution in [0.1, 0.15) is 24.3 Å². The number of rotatable bonds is 4. The summed E-state index contributed by atoms with van der Waals surface area (Å²) in [5, 5.41) is 9.57. The summed E-state index contributed by atoms with van der Waals surface area (Å²) in [6, 6.07) is 10.1. The Morgan fingerprint density at radius 1 is 1.21 bits per heavy atom. The van der Waals surface area contributed by atoms with Crippen LogP contribution < -0.4 is 4.80 Å². The summed E-state index contributed by atoms with van der Waals surface area (Å²) in [6.45, 7) is 6.22. The fourth-order valence-electron chi connectivity index (χ4n) is 2.19. The summed E-state index contributed by atoms with van der Waals surface area (Å²) in [4.78, 5) is 6.72. The van der Waals surface area contributed by atoms with E-state index in [-0.39, 0.29) is 6.04 Å². The summed E-state index contributed by atoms with van der Waals surface area (Å²) in [7, 11) is 0. The van der Waals surface area contributed by atoms with Gasteiger partial charge < -0.3 is 0 Å². The lowest BCUT2D eigenvalue weighted by Gasteiger charge is -2.04. The molecule has 0 radical (unpaired) electrons. The molecule has 0 unspecified atom stereocenters. The zero-order valence-electron chi connectivity index (χ0n) is 13.7. The van der Waals surface area contributed by atoms with Crippen LogP contribution in [0.3, 0.4) is 0 Å². The lowest BCUT2D eigenvalue weighted by atomic mass is 10.2. The SMILES string of the molecule is Cc1ccsc1C=Nn1c(-c2cccc(Cl)c2)csc1=NC(C)C. The summed E-state index contributed by atoms with van der Waals surface area (Å²) in [5.74, 6) is 0. The third-order valence-corrected chi connectivity index (χ3v) is 5.39. The maximum absolute atomic E-state index is 6.15. The first-order valence-corrected chi connectivity index (χ1v) is 9.77. The summed E-state index contributed by atoms with van der Waals surface area (Å²) >= 11 is 9.43. The molecule has 0 saturated heterocycles. The smallest absolute Gasteiger partial charge is 0.206 e. The van der Waals surface area contributed by atoms with E-state index in [0.29, 0.717) is 5.02 Å². The molecule has 0 bridgehead atoms. The highest BCUT2D eigenvalue weighted by Crippen LogP contribution is 2.23. The molecule has 124 valence electrons. The number of aryl methyl sites for hydroxylation is 1. The maximum atomic E-state index is 6.15. The van der Waals surface area contributed by atoms with E-state index in [1.165, 1.54) is 5.56 Å². The van der Waals surface area contributed by atoms with Gasteiger partial charge in [-0.2, -0.15) is 5.10 Å². The molecular weight excluding hydrogens is 358 g/mol. The topological polar surface area (TPSA) is 29.6 Å². The predicted molar refractivity (Wildman–Crippen MR) is 106 cm³/mol. The van der Waals surface area contributed by atoms with Crippen LogP contribution in [0, 0.1) is 6.92 Å². The minimum atomic E-state index is 0.209. The highest BCUT2D eigenvalue weighted by Gasteiger charge is 2.08. The number of aromatic nitrogens is 1. The molecule has 2 heterocycles. The monoisotopic (exact) mass is 375 g/mol. The quantitative estimate of drug-likeness (QED) is 0.544. The van der Waals surface area contributed by atoms with Gasteiger partial charge in [0, 0.05) is 22.0 Å². The number of halogens is 1. The first-order valence-electron chi connectivity index (χ1n) is 7.63. The molecule has 0 aliphatic rings. The fourth-order valence-corrected chi connectivity index (χ4v) is 4.13. The van der Waals surface area contributed by atoms with E-state index < -0.39 is 0 Å². The van der Waals surface area contributed by atoms with Gasteiger partial charge in [-0.05, 0) is 49.9 Å². The van der Waals surface area contributed by atoms with Crippen molar-refractivity contribution in [1.29, 1.82) is 0 Å². The Hall–Kier alpha value is -1.69. The number of benzene rings is 1. The molecule has 0 aliphatic heterocycles. The van der Waals surface area contributed by atoms with Gasteiger partial charge in [0.05, 0.1) is 16.8 Å². The molecule has 0 N–H and O–H groups in total. The third kappa shape index (κ3) is 3.86. The largest absolute Gasteiger partial charge is 0.255 e. The van der Waals surface area contributed by atoms with Crippen molar-refractivity contribution < 1.29 is 0 Å². The second kappa shape index (κ2) is 7.47. The lowest BCUT2D eigenvalue weighted by Crippen LogP contribution is -2.14. The van der Waals surface area contributed by atoms with Crippen molar-refractivity contribution in [2.75, 3.05) is 0 Å². The van der Waals surface area contributed by atoms with E-state index in [1.807, 2.05) is 35.2 Å². The maximum Gasteiger partial charge on any atom is 0.206 e. The summed E-state index contributed by atoms with van der Waals surface area (Å²) < 4.78 is 1.90. The zero-order chi connectivity index (χ0) is 17.1. The average Bonchev–Trinajstić information content (AvgIpc) is 3.11. The second-order valence-corrected chi connectivity index (χ2v) is 7.88. The van der Waals surface area contributed by atoms with Crippen LogP contribution >= 0.6 is 34.3 Å². The molecule has 1 aromatic carbocycles. The van der Waals surface area contributed by atoms with Gasteiger partial charge in [-0.25, -0.2) is 4.68 Å². The van der Waals surface area contributed by atoms with Crippen LogP contribution in [0.25, 0.3) is 11.3 Å². The van der Waals surface area contributed by atoms with E-state index in [2.05, 4.69) is 42.6 Å². The minimum absolute atomic E-state index is 0.209. The van der Waals surface area contributed by atoms with E-state index in [9.17, 15) is 0 Å².